The summed E-state index contributed by atoms with van der Waals surface area (Å²) in [6.07, 6.45) is 0. The second kappa shape index (κ2) is 16.1. The Morgan fingerprint density at radius 2 is 1.22 bits per heavy atom. The van der Waals surface area contributed by atoms with Gasteiger partial charge in [0, 0.05) is 11.8 Å². The average Bonchev–Trinajstić information content (AvgIpc) is 1.65. The summed E-state index contributed by atoms with van der Waals surface area (Å²) in [5.41, 5.74) is 0. The lowest BCUT2D eigenvalue weighted by Gasteiger charge is -1.72. The highest BCUT2D eigenvalue weighted by molar-refractivity contribution is 6.43. The molecule has 0 saturated heterocycles. The molecule has 0 heterocycles. The third-order valence-electron chi connectivity index (χ3n) is 0.0714. The van der Waals surface area contributed by atoms with E-state index < -0.39 is 0 Å². The first-order valence-electron chi connectivity index (χ1n) is 2.05. The SMILES string of the molecule is C.CC(Cl)Cl.ClCCCl. The van der Waals surface area contributed by atoms with E-state index >= 15 is 0 Å². The monoisotopic (exact) mass is 212 g/mol. The lowest BCUT2D eigenvalue weighted by molar-refractivity contribution is 1.39. The molecule has 0 saturated carbocycles. The molecule has 0 N–H and O–H groups in total. The van der Waals surface area contributed by atoms with Crippen LogP contribution in [0.4, 0.5) is 0 Å². The minimum atomic E-state index is -0.222. The zero-order valence-electron chi connectivity index (χ0n) is 4.50. The zero-order valence-corrected chi connectivity index (χ0v) is 7.53. The molecule has 0 aliphatic rings. The van der Waals surface area contributed by atoms with Crippen LogP contribution in [0.25, 0.3) is 0 Å². The summed E-state index contributed by atoms with van der Waals surface area (Å²) < 4.78 is 0. The molecule has 0 bridgehead atoms. The number of hydrogen-bond acceptors (Lipinski definition) is 0. The second-order valence-electron chi connectivity index (χ2n) is 0.897. The van der Waals surface area contributed by atoms with E-state index in [0.29, 0.717) is 11.8 Å². The van der Waals surface area contributed by atoms with Crippen molar-refractivity contribution >= 4 is 46.4 Å². The molecule has 0 amide bonds. The van der Waals surface area contributed by atoms with Crippen LogP contribution in [0.15, 0.2) is 0 Å². The van der Waals surface area contributed by atoms with Crippen LogP contribution in [0.1, 0.15) is 14.4 Å². The largest absolute Gasteiger partial charge is 0.125 e. The van der Waals surface area contributed by atoms with Gasteiger partial charge in [-0.2, -0.15) is 0 Å². The van der Waals surface area contributed by atoms with Crippen LogP contribution < -0.4 is 0 Å². The average molecular weight is 214 g/mol. The van der Waals surface area contributed by atoms with Crippen molar-refractivity contribution in [3.63, 3.8) is 0 Å². The van der Waals surface area contributed by atoms with Crippen LogP contribution in [-0.2, 0) is 0 Å². The highest BCUT2D eigenvalue weighted by Gasteiger charge is 1.75. The highest BCUT2D eigenvalue weighted by atomic mass is 35.5. The summed E-state index contributed by atoms with van der Waals surface area (Å²) >= 11 is 20.2. The van der Waals surface area contributed by atoms with Crippen molar-refractivity contribution in [1.82, 2.24) is 0 Å². The van der Waals surface area contributed by atoms with Gasteiger partial charge in [0.15, 0.2) is 0 Å². The zero-order chi connectivity index (χ0) is 6.99. The van der Waals surface area contributed by atoms with Gasteiger partial charge in [0.25, 0.3) is 0 Å². The smallest absolute Gasteiger partial charge is 0.105 e. The number of alkyl halides is 4. The van der Waals surface area contributed by atoms with E-state index in [1.807, 2.05) is 0 Å². The highest BCUT2D eigenvalue weighted by Crippen LogP contribution is 1.95. The minimum Gasteiger partial charge on any atom is -0.125 e. The van der Waals surface area contributed by atoms with E-state index in [-0.39, 0.29) is 12.3 Å². The maximum absolute atomic E-state index is 5.05. The Hall–Kier alpha value is 1.16. The van der Waals surface area contributed by atoms with Gasteiger partial charge >= 0.3 is 0 Å². The molecule has 0 atom stereocenters. The Kier molecular flexibility index (Phi) is 29.7. The number of hydrogen-bond donors (Lipinski definition) is 0. The van der Waals surface area contributed by atoms with Gasteiger partial charge in [-0.15, -0.1) is 46.4 Å². The fourth-order valence-corrected chi connectivity index (χ4v) is 0. The lowest BCUT2D eigenvalue weighted by atomic mass is 11.0. The molecule has 0 unspecified atom stereocenters. The normalized spacial score (nSPS) is 7.33. The van der Waals surface area contributed by atoms with Crippen molar-refractivity contribution in [2.45, 2.75) is 19.2 Å². The second-order valence-corrected chi connectivity index (χ2v) is 3.19. The first-order chi connectivity index (χ1) is 3.65. The Balaban J connectivity index is -0.0000000720. The van der Waals surface area contributed by atoms with Crippen molar-refractivity contribution in [2.75, 3.05) is 11.8 Å². The molecule has 0 radical (unpaired) electrons. The van der Waals surface area contributed by atoms with Crippen LogP contribution >= 0.6 is 46.4 Å². The van der Waals surface area contributed by atoms with E-state index in [1.165, 1.54) is 0 Å². The molecule has 60 valence electrons. The van der Waals surface area contributed by atoms with E-state index in [0.717, 1.165) is 0 Å². The minimum absolute atomic E-state index is 0. The van der Waals surface area contributed by atoms with Crippen molar-refractivity contribution in [1.29, 1.82) is 0 Å². The maximum Gasteiger partial charge on any atom is 0.105 e. The van der Waals surface area contributed by atoms with Gasteiger partial charge in [-0.1, -0.05) is 7.43 Å². The van der Waals surface area contributed by atoms with Crippen molar-refractivity contribution in [3.05, 3.63) is 0 Å². The van der Waals surface area contributed by atoms with Crippen molar-refractivity contribution < 1.29 is 0 Å². The van der Waals surface area contributed by atoms with E-state index in [1.54, 1.807) is 6.92 Å². The summed E-state index contributed by atoms with van der Waals surface area (Å²) in [6, 6.07) is 0. The van der Waals surface area contributed by atoms with Gasteiger partial charge in [-0.3, -0.25) is 0 Å². The summed E-state index contributed by atoms with van der Waals surface area (Å²) in [5.74, 6) is 1.11. The Bertz CT molecular complexity index is 25.4. The number of rotatable bonds is 1. The first-order valence-corrected chi connectivity index (χ1v) is 3.99. The topological polar surface area (TPSA) is 0 Å². The fourth-order valence-electron chi connectivity index (χ4n) is 0. The molecule has 0 spiro atoms. The molecule has 0 aromatic carbocycles. The fraction of sp³-hybridized carbons (Fsp3) is 1.00. The van der Waals surface area contributed by atoms with E-state index in [2.05, 4.69) is 0 Å². The van der Waals surface area contributed by atoms with Crippen LogP contribution in [0.5, 0.6) is 0 Å². The molecule has 0 rings (SSSR count). The molecule has 0 nitrogen and oxygen atoms in total. The van der Waals surface area contributed by atoms with Crippen molar-refractivity contribution in [2.24, 2.45) is 0 Å². The summed E-state index contributed by atoms with van der Waals surface area (Å²) in [7, 11) is 0. The molecular weight excluding hydrogens is 202 g/mol. The predicted molar refractivity (Wildman–Crippen MR) is 49.3 cm³/mol. The summed E-state index contributed by atoms with van der Waals surface area (Å²) in [4.78, 5) is -0.222. The summed E-state index contributed by atoms with van der Waals surface area (Å²) in [6.45, 7) is 1.70. The van der Waals surface area contributed by atoms with Gasteiger partial charge in [0.2, 0.25) is 0 Å². The van der Waals surface area contributed by atoms with Gasteiger partial charge in [-0.25, -0.2) is 0 Å². The van der Waals surface area contributed by atoms with Crippen LogP contribution in [0, 0.1) is 0 Å². The van der Waals surface area contributed by atoms with E-state index in [4.69, 9.17) is 46.4 Å². The van der Waals surface area contributed by atoms with Gasteiger partial charge in [-0.05, 0) is 6.92 Å². The quantitative estimate of drug-likeness (QED) is 0.580. The molecule has 0 aliphatic carbocycles. The Morgan fingerprint density at radius 3 is 1.22 bits per heavy atom. The third kappa shape index (κ3) is 101. The molecule has 9 heavy (non-hydrogen) atoms. The van der Waals surface area contributed by atoms with Crippen LogP contribution in [-0.4, -0.2) is 16.6 Å². The van der Waals surface area contributed by atoms with Gasteiger partial charge in [0.05, 0.1) is 0 Å². The number of halogens is 4. The van der Waals surface area contributed by atoms with Gasteiger partial charge in [0.1, 0.15) is 4.84 Å². The summed E-state index contributed by atoms with van der Waals surface area (Å²) in [5, 5.41) is 0. The third-order valence-corrected chi connectivity index (χ3v) is 0.643. The molecule has 4 heteroatoms. The molecular formula is C5H12Cl4. The molecule has 0 aromatic heterocycles. The van der Waals surface area contributed by atoms with Crippen molar-refractivity contribution in [3.8, 4) is 0 Å². The van der Waals surface area contributed by atoms with E-state index in [9.17, 15) is 0 Å². The standard InChI is InChI=1S/2C2H4Cl2.CH4/c1-2(3)4;3-1-2-4;/h2H,1H3;1-2H2;1H4. The van der Waals surface area contributed by atoms with Crippen LogP contribution in [0.3, 0.4) is 0 Å². The molecule has 0 aliphatic heterocycles. The maximum atomic E-state index is 5.05. The molecule has 0 aromatic rings. The predicted octanol–water partition coefficient (Wildman–Crippen LogP) is 3.91. The lowest BCUT2D eigenvalue weighted by Crippen LogP contribution is -1.63. The van der Waals surface area contributed by atoms with Gasteiger partial charge < -0.3 is 0 Å². The Labute approximate surface area is 77.4 Å². The molecule has 0 fully saturated rings. The first kappa shape index (κ1) is 16.6. The Morgan fingerprint density at radius 1 is 1.11 bits per heavy atom. The van der Waals surface area contributed by atoms with Crippen LogP contribution in [0.2, 0.25) is 0 Å².